The van der Waals surface area contributed by atoms with E-state index in [4.69, 9.17) is 9.47 Å². The molecule has 1 aromatic rings. The maximum absolute atomic E-state index is 13.7. The van der Waals surface area contributed by atoms with Crippen molar-refractivity contribution in [3.8, 4) is 5.75 Å². The monoisotopic (exact) mass is 443 g/mol. The SMILES string of the molecule is CCN1CC[C@@H]2C[C@@H](N3CCOCC3)CC[C@@]2(C(=O)NCc2cccc(OC(C)C)c2)C1. The molecule has 32 heavy (non-hydrogen) atoms. The van der Waals surface area contributed by atoms with Crippen molar-refractivity contribution in [2.24, 2.45) is 11.3 Å². The number of benzene rings is 1. The number of hydrogen-bond donors (Lipinski definition) is 1. The molecule has 2 heterocycles. The summed E-state index contributed by atoms with van der Waals surface area (Å²) in [6.07, 6.45) is 4.50. The maximum atomic E-state index is 13.7. The first-order valence-electron chi connectivity index (χ1n) is 12.6. The topological polar surface area (TPSA) is 54.0 Å². The van der Waals surface area contributed by atoms with Crippen LogP contribution < -0.4 is 10.1 Å². The number of hydrogen-bond acceptors (Lipinski definition) is 5. The normalized spacial score (nSPS) is 29.5. The van der Waals surface area contributed by atoms with Crippen LogP contribution in [0.4, 0.5) is 0 Å². The fraction of sp³-hybridized carbons (Fsp3) is 0.731. The zero-order valence-corrected chi connectivity index (χ0v) is 20.1. The van der Waals surface area contributed by atoms with Crippen LogP contribution in [0.3, 0.4) is 0 Å². The van der Waals surface area contributed by atoms with Gasteiger partial charge in [0.2, 0.25) is 5.91 Å². The molecule has 1 saturated carbocycles. The molecule has 0 aromatic heterocycles. The summed E-state index contributed by atoms with van der Waals surface area (Å²) in [5, 5.41) is 3.32. The molecule has 3 fully saturated rings. The Morgan fingerprint density at radius 3 is 2.81 bits per heavy atom. The van der Waals surface area contributed by atoms with E-state index >= 15 is 0 Å². The Balaban J connectivity index is 1.44. The second-order valence-corrected chi connectivity index (χ2v) is 10.1. The van der Waals surface area contributed by atoms with Crippen molar-refractivity contribution < 1.29 is 14.3 Å². The lowest BCUT2D eigenvalue weighted by atomic mass is 9.61. The van der Waals surface area contributed by atoms with E-state index in [2.05, 4.69) is 28.1 Å². The molecule has 6 nitrogen and oxygen atoms in total. The minimum Gasteiger partial charge on any atom is -0.491 e. The minimum atomic E-state index is -0.261. The van der Waals surface area contributed by atoms with Gasteiger partial charge in [0, 0.05) is 32.2 Å². The summed E-state index contributed by atoms with van der Waals surface area (Å²) in [5.41, 5.74) is 0.831. The molecule has 3 atom stereocenters. The van der Waals surface area contributed by atoms with E-state index in [-0.39, 0.29) is 17.4 Å². The Bertz CT molecular complexity index is 764. The third-order valence-electron chi connectivity index (χ3n) is 7.75. The van der Waals surface area contributed by atoms with Crippen LogP contribution in [0.2, 0.25) is 0 Å². The number of carbonyl (C=O) groups excluding carboxylic acids is 1. The highest BCUT2D eigenvalue weighted by Gasteiger charge is 2.52. The van der Waals surface area contributed by atoms with Gasteiger partial charge >= 0.3 is 0 Å². The van der Waals surface area contributed by atoms with Crippen molar-refractivity contribution in [1.82, 2.24) is 15.1 Å². The van der Waals surface area contributed by atoms with Crippen LogP contribution in [-0.2, 0) is 16.1 Å². The molecular weight excluding hydrogens is 402 g/mol. The molecule has 1 aliphatic carbocycles. The van der Waals surface area contributed by atoms with E-state index in [0.717, 1.165) is 82.9 Å². The van der Waals surface area contributed by atoms with Crippen LogP contribution in [0.5, 0.6) is 5.75 Å². The lowest BCUT2D eigenvalue weighted by Gasteiger charge is -2.53. The van der Waals surface area contributed by atoms with Gasteiger partial charge in [-0.25, -0.2) is 0 Å². The predicted octanol–water partition coefficient (Wildman–Crippen LogP) is 3.30. The second kappa shape index (κ2) is 10.5. The fourth-order valence-corrected chi connectivity index (χ4v) is 5.99. The van der Waals surface area contributed by atoms with Crippen LogP contribution in [0.25, 0.3) is 0 Å². The number of nitrogens with zero attached hydrogens (tertiary/aromatic N) is 2. The molecular formula is C26H41N3O3. The zero-order valence-electron chi connectivity index (χ0n) is 20.1. The highest BCUT2D eigenvalue weighted by atomic mass is 16.5. The van der Waals surface area contributed by atoms with Crippen molar-refractivity contribution in [1.29, 1.82) is 0 Å². The Morgan fingerprint density at radius 2 is 2.06 bits per heavy atom. The molecule has 2 aliphatic heterocycles. The molecule has 2 saturated heterocycles. The number of rotatable bonds is 7. The standard InChI is InChI=1S/C26H41N3O3/c1-4-28-11-9-22-17-23(29-12-14-31-15-13-29)8-10-26(22,19-28)25(30)27-18-21-6-5-7-24(16-21)32-20(2)3/h5-7,16,20,22-23H,4,8-15,17-19H2,1-3H3,(H,27,30)/t22-,23+,26-/m1/s1. The first-order chi connectivity index (χ1) is 15.5. The van der Waals surface area contributed by atoms with Crippen LogP contribution in [0.1, 0.15) is 52.0 Å². The number of fused-ring (bicyclic) bond motifs is 1. The smallest absolute Gasteiger partial charge is 0.228 e. The van der Waals surface area contributed by atoms with Crippen LogP contribution in [-0.4, -0.2) is 73.8 Å². The zero-order chi connectivity index (χ0) is 22.6. The predicted molar refractivity (Wildman–Crippen MR) is 127 cm³/mol. The van der Waals surface area contributed by atoms with Crippen molar-refractivity contribution in [3.63, 3.8) is 0 Å². The average Bonchev–Trinajstić information content (AvgIpc) is 2.82. The molecule has 1 aromatic carbocycles. The summed E-state index contributed by atoms with van der Waals surface area (Å²) < 4.78 is 11.4. The van der Waals surface area contributed by atoms with Crippen LogP contribution >= 0.6 is 0 Å². The summed E-state index contributed by atoms with van der Waals surface area (Å²) in [7, 11) is 0. The summed E-state index contributed by atoms with van der Waals surface area (Å²) >= 11 is 0. The molecule has 0 radical (unpaired) electrons. The largest absolute Gasteiger partial charge is 0.491 e. The van der Waals surface area contributed by atoms with E-state index in [9.17, 15) is 4.79 Å². The van der Waals surface area contributed by atoms with Crippen molar-refractivity contribution in [2.75, 3.05) is 45.9 Å². The average molecular weight is 444 g/mol. The highest BCUT2D eigenvalue weighted by molar-refractivity contribution is 5.83. The van der Waals surface area contributed by atoms with Crippen LogP contribution in [0.15, 0.2) is 24.3 Å². The summed E-state index contributed by atoms with van der Waals surface area (Å²) in [4.78, 5) is 18.8. The van der Waals surface area contributed by atoms with Gasteiger partial charge in [-0.15, -0.1) is 0 Å². The number of morpholine rings is 1. The molecule has 0 bridgehead atoms. The Kier molecular flexibility index (Phi) is 7.74. The van der Waals surface area contributed by atoms with Crippen molar-refractivity contribution in [3.05, 3.63) is 29.8 Å². The van der Waals surface area contributed by atoms with E-state index < -0.39 is 0 Å². The Hall–Kier alpha value is -1.63. The molecule has 3 aliphatic rings. The number of ether oxygens (including phenoxy) is 2. The number of nitrogens with one attached hydrogen (secondary N) is 1. The van der Waals surface area contributed by atoms with Gasteiger partial charge in [0.15, 0.2) is 0 Å². The maximum Gasteiger partial charge on any atom is 0.228 e. The number of piperidine rings is 1. The first-order valence-corrected chi connectivity index (χ1v) is 12.6. The van der Waals surface area contributed by atoms with Gasteiger partial charge in [-0.1, -0.05) is 19.1 Å². The third-order valence-corrected chi connectivity index (χ3v) is 7.75. The highest BCUT2D eigenvalue weighted by Crippen LogP contribution is 2.48. The van der Waals surface area contributed by atoms with Gasteiger partial charge in [0.25, 0.3) is 0 Å². The second-order valence-electron chi connectivity index (χ2n) is 10.1. The molecule has 1 N–H and O–H groups in total. The number of amides is 1. The number of carbonyl (C=O) groups is 1. The molecule has 0 spiro atoms. The summed E-state index contributed by atoms with van der Waals surface area (Å²) in [5.74, 6) is 1.57. The molecule has 6 heteroatoms. The third kappa shape index (κ3) is 5.29. The quantitative estimate of drug-likeness (QED) is 0.701. The van der Waals surface area contributed by atoms with Gasteiger partial charge in [0.05, 0.1) is 24.7 Å². The lowest BCUT2D eigenvalue weighted by molar-refractivity contribution is -0.145. The molecule has 1 amide bonds. The molecule has 4 rings (SSSR count). The van der Waals surface area contributed by atoms with E-state index in [1.807, 2.05) is 32.0 Å². The number of likely N-dealkylation sites (tertiary alicyclic amines) is 1. The molecule has 0 unspecified atom stereocenters. The first kappa shape index (κ1) is 23.5. The molecule has 178 valence electrons. The lowest BCUT2D eigenvalue weighted by Crippen LogP contribution is -2.60. The van der Waals surface area contributed by atoms with Gasteiger partial charge in [-0.2, -0.15) is 0 Å². The van der Waals surface area contributed by atoms with E-state index in [1.54, 1.807) is 0 Å². The summed E-state index contributed by atoms with van der Waals surface area (Å²) in [6.45, 7) is 13.6. The Morgan fingerprint density at radius 1 is 1.25 bits per heavy atom. The fourth-order valence-electron chi connectivity index (χ4n) is 5.99. The van der Waals surface area contributed by atoms with Crippen molar-refractivity contribution >= 4 is 5.91 Å². The van der Waals surface area contributed by atoms with Gasteiger partial charge in [-0.3, -0.25) is 9.69 Å². The van der Waals surface area contributed by atoms with E-state index in [0.29, 0.717) is 18.5 Å². The summed E-state index contributed by atoms with van der Waals surface area (Å²) in [6, 6.07) is 8.70. The van der Waals surface area contributed by atoms with E-state index in [1.165, 1.54) is 0 Å². The Labute approximate surface area is 193 Å². The van der Waals surface area contributed by atoms with Crippen LogP contribution in [0, 0.1) is 11.3 Å². The van der Waals surface area contributed by atoms with Gasteiger partial charge in [0.1, 0.15) is 5.75 Å². The van der Waals surface area contributed by atoms with Crippen molar-refractivity contribution in [2.45, 2.75) is 65.1 Å². The minimum absolute atomic E-state index is 0.142. The van der Waals surface area contributed by atoms with Gasteiger partial charge in [-0.05, 0) is 76.2 Å². The van der Waals surface area contributed by atoms with Gasteiger partial charge < -0.3 is 19.7 Å².